The Morgan fingerprint density at radius 2 is 1.88 bits per heavy atom. The Kier molecular flexibility index (Phi) is 6.10. The third-order valence-electron chi connectivity index (χ3n) is 3.73. The van der Waals surface area contributed by atoms with Crippen LogP contribution in [-0.4, -0.2) is 31.6 Å². The highest BCUT2D eigenvalue weighted by molar-refractivity contribution is 6.33. The Morgan fingerprint density at radius 1 is 1.21 bits per heavy atom. The highest BCUT2D eigenvalue weighted by Gasteiger charge is 2.10. The first-order chi connectivity index (χ1) is 11.4. The molecule has 128 valence electrons. The van der Waals surface area contributed by atoms with Gasteiger partial charge in [-0.3, -0.25) is 0 Å². The van der Waals surface area contributed by atoms with Gasteiger partial charge in [-0.15, -0.1) is 0 Å². The van der Waals surface area contributed by atoms with E-state index in [0.717, 1.165) is 0 Å². The fourth-order valence-corrected chi connectivity index (χ4v) is 2.34. The van der Waals surface area contributed by atoms with Gasteiger partial charge in [0.2, 0.25) is 0 Å². The molecular weight excluding hydrogens is 324 g/mol. The summed E-state index contributed by atoms with van der Waals surface area (Å²) in [5, 5.41) is 3.18. The van der Waals surface area contributed by atoms with E-state index in [9.17, 15) is 4.79 Å². The number of rotatable bonds is 5. The van der Waals surface area contributed by atoms with E-state index in [0.29, 0.717) is 23.1 Å². The van der Waals surface area contributed by atoms with Crippen LogP contribution in [-0.2, 0) is 0 Å². The quantitative estimate of drug-likeness (QED) is 0.834. The third-order valence-corrected chi connectivity index (χ3v) is 4.05. The van der Waals surface area contributed by atoms with Gasteiger partial charge in [-0.1, -0.05) is 48.4 Å². The first kappa shape index (κ1) is 18.1. The number of benzene rings is 2. The van der Waals surface area contributed by atoms with E-state index in [1.807, 2.05) is 0 Å². The van der Waals surface area contributed by atoms with Gasteiger partial charge in [0.15, 0.2) is 0 Å². The zero-order valence-electron chi connectivity index (χ0n) is 14.5. The van der Waals surface area contributed by atoms with E-state index in [1.165, 1.54) is 16.0 Å². The lowest BCUT2D eigenvalue weighted by molar-refractivity contribution is 0.230. The van der Waals surface area contributed by atoms with Crippen LogP contribution in [0.15, 0.2) is 42.5 Å². The number of aryl methyl sites for hydroxylation is 1. The largest absolute Gasteiger partial charge is 0.493 e. The number of hydrogen-bond acceptors (Lipinski definition) is 2. The topological polar surface area (TPSA) is 41.6 Å². The Hall–Kier alpha value is -2.20. The Morgan fingerprint density at radius 3 is 2.46 bits per heavy atom. The second-order valence-corrected chi connectivity index (χ2v) is 6.50. The summed E-state index contributed by atoms with van der Waals surface area (Å²) < 4.78 is 5.83. The molecule has 0 aromatic heterocycles. The van der Waals surface area contributed by atoms with Crippen LogP contribution in [0, 0.1) is 6.92 Å². The normalized spacial score (nSPS) is 11.7. The van der Waals surface area contributed by atoms with Crippen LogP contribution in [0.4, 0.5) is 10.5 Å². The summed E-state index contributed by atoms with van der Waals surface area (Å²) in [7, 11) is 3.35. The van der Waals surface area contributed by atoms with Crippen LogP contribution < -0.4 is 10.1 Å². The highest BCUT2D eigenvalue weighted by atomic mass is 35.5. The molecule has 2 amide bonds. The summed E-state index contributed by atoms with van der Waals surface area (Å²) in [6, 6.07) is 13.5. The molecule has 0 fully saturated rings. The minimum atomic E-state index is -0.224. The van der Waals surface area contributed by atoms with Crippen LogP contribution in [0.25, 0.3) is 0 Å². The van der Waals surface area contributed by atoms with Crippen molar-refractivity contribution in [3.63, 3.8) is 0 Å². The van der Waals surface area contributed by atoms with E-state index in [4.69, 9.17) is 16.3 Å². The molecule has 0 radical (unpaired) electrons. The van der Waals surface area contributed by atoms with Crippen molar-refractivity contribution in [3.8, 4) is 5.75 Å². The van der Waals surface area contributed by atoms with Crippen molar-refractivity contribution in [3.05, 3.63) is 58.6 Å². The highest BCUT2D eigenvalue weighted by Crippen LogP contribution is 2.28. The number of carbonyl (C=O) groups excluding carboxylic acids is 1. The third kappa shape index (κ3) is 4.90. The fraction of sp³-hybridized carbons (Fsp3) is 0.316. The van der Waals surface area contributed by atoms with Crippen molar-refractivity contribution in [1.29, 1.82) is 0 Å². The monoisotopic (exact) mass is 346 g/mol. The predicted molar refractivity (Wildman–Crippen MR) is 99.2 cm³/mol. The average molecular weight is 347 g/mol. The van der Waals surface area contributed by atoms with Crippen molar-refractivity contribution >= 4 is 23.3 Å². The van der Waals surface area contributed by atoms with Crippen molar-refractivity contribution in [2.75, 3.05) is 26.0 Å². The van der Waals surface area contributed by atoms with Gasteiger partial charge in [0.1, 0.15) is 5.75 Å². The Bertz CT molecular complexity index is 699. The smallest absolute Gasteiger partial charge is 0.321 e. The van der Waals surface area contributed by atoms with Crippen LogP contribution in [0.5, 0.6) is 5.75 Å². The number of halogens is 1. The van der Waals surface area contributed by atoms with Crippen molar-refractivity contribution in [1.82, 2.24) is 4.90 Å². The zero-order valence-corrected chi connectivity index (χ0v) is 15.2. The summed E-state index contributed by atoms with van der Waals surface area (Å²) in [4.78, 5) is 13.1. The van der Waals surface area contributed by atoms with Crippen molar-refractivity contribution < 1.29 is 9.53 Å². The average Bonchev–Trinajstić information content (AvgIpc) is 2.55. The summed E-state index contributed by atoms with van der Waals surface area (Å²) in [6.45, 7) is 4.75. The van der Waals surface area contributed by atoms with E-state index >= 15 is 0 Å². The molecule has 4 nitrogen and oxygen atoms in total. The van der Waals surface area contributed by atoms with Crippen LogP contribution in [0.3, 0.4) is 0 Å². The zero-order chi connectivity index (χ0) is 17.7. The molecule has 1 unspecified atom stereocenters. The molecule has 0 saturated heterocycles. The lowest BCUT2D eigenvalue weighted by Crippen LogP contribution is -2.27. The molecule has 2 rings (SSSR count). The van der Waals surface area contributed by atoms with Crippen LogP contribution in [0.2, 0.25) is 5.02 Å². The van der Waals surface area contributed by atoms with Gasteiger partial charge in [0.05, 0.1) is 17.3 Å². The maximum atomic E-state index is 11.7. The molecule has 0 saturated carbocycles. The molecule has 0 bridgehead atoms. The van der Waals surface area contributed by atoms with Gasteiger partial charge >= 0.3 is 6.03 Å². The number of urea groups is 1. The van der Waals surface area contributed by atoms with E-state index in [2.05, 4.69) is 43.4 Å². The Labute approximate surface area is 148 Å². The fourth-order valence-electron chi connectivity index (χ4n) is 2.13. The molecule has 2 aromatic carbocycles. The number of nitrogens with one attached hydrogen (secondary N) is 1. The number of carbonyl (C=O) groups is 1. The molecule has 24 heavy (non-hydrogen) atoms. The molecule has 5 heteroatoms. The Balaban J connectivity index is 1.97. The van der Waals surface area contributed by atoms with Gasteiger partial charge in [-0.05, 0) is 24.6 Å². The number of ether oxygens (including phenoxy) is 1. The number of nitrogens with zero attached hydrogens (tertiary/aromatic N) is 1. The maximum Gasteiger partial charge on any atom is 0.321 e. The van der Waals surface area contributed by atoms with Gasteiger partial charge in [0.25, 0.3) is 0 Å². The summed E-state index contributed by atoms with van der Waals surface area (Å²) in [5.74, 6) is 0.958. The van der Waals surface area contributed by atoms with Gasteiger partial charge in [-0.25, -0.2) is 4.79 Å². The first-order valence-electron chi connectivity index (χ1n) is 7.84. The van der Waals surface area contributed by atoms with Gasteiger partial charge < -0.3 is 15.0 Å². The summed E-state index contributed by atoms with van der Waals surface area (Å²) in [5.41, 5.74) is 3.05. The minimum absolute atomic E-state index is 0.224. The molecular formula is C19H23ClN2O2. The van der Waals surface area contributed by atoms with Gasteiger partial charge in [0, 0.05) is 26.1 Å². The van der Waals surface area contributed by atoms with Crippen molar-refractivity contribution in [2.45, 2.75) is 19.8 Å². The van der Waals surface area contributed by atoms with E-state index < -0.39 is 0 Å². The van der Waals surface area contributed by atoms with Crippen molar-refractivity contribution in [2.24, 2.45) is 0 Å². The molecule has 1 atom stereocenters. The second kappa shape index (κ2) is 8.06. The van der Waals surface area contributed by atoms with Crippen LogP contribution >= 0.6 is 11.6 Å². The maximum absolute atomic E-state index is 11.7. The predicted octanol–water partition coefficient (Wildman–Crippen LogP) is 4.92. The van der Waals surface area contributed by atoms with Crippen LogP contribution in [0.1, 0.15) is 24.0 Å². The molecule has 0 aliphatic carbocycles. The lowest BCUT2D eigenvalue weighted by atomic mass is 10.0. The second-order valence-electron chi connectivity index (χ2n) is 6.09. The van der Waals surface area contributed by atoms with E-state index in [1.54, 1.807) is 32.3 Å². The molecule has 0 aliphatic heterocycles. The molecule has 2 aromatic rings. The summed E-state index contributed by atoms with van der Waals surface area (Å²) in [6.07, 6.45) is 0. The number of amides is 2. The number of hydrogen-bond donors (Lipinski definition) is 1. The SMILES string of the molecule is Cc1ccc(C(C)COc2ccc(NC(=O)N(C)C)c(Cl)c2)cc1. The summed E-state index contributed by atoms with van der Waals surface area (Å²) >= 11 is 6.21. The molecule has 0 spiro atoms. The first-order valence-corrected chi connectivity index (χ1v) is 8.22. The molecule has 1 N–H and O–H groups in total. The molecule has 0 heterocycles. The minimum Gasteiger partial charge on any atom is -0.493 e. The molecule has 0 aliphatic rings. The van der Waals surface area contributed by atoms with Gasteiger partial charge in [-0.2, -0.15) is 0 Å². The lowest BCUT2D eigenvalue weighted by Gasteiger charge is -2.16. The standard InChI is InChI=1S/C19H23ClN2O2/c1-13-5-7-15(8-6-13)14(2)12-24-16-9-10-18(17(20)11-16)21-19(23)22(3)4/h5-11,14H,12H2,1-4H3,(H,21,23). The number of anilines is 1. The van der Waals surface area contributed by atoms with E-state index in [-0.39, 0.29) is 11.9 Å².